The van der Waals surface area contributed by atoms with Crippen molar-refractivity contribution in [2.75, 3.05) is 5.73 Å². The highest BCUT2D eigenvalue weighted by molar-refractivity contribution is 6.30. The third-order valence-corrected chi connectivity index (χ3v) is 2.78. The second-order valence-electron chi connectivity index (χ2n) is 3.96. The maximum absolute atomic E-state index is 5.96. The number of rotatable bonds is 3. The molecule has 2 aromatic heterocycles. The van der Waals surface area contributed by atoms with Gasteiger partial charge in [0.15, 0.2) is 5.82 Å². The first-order valence-corrected chi connectivity index (χ1v) is 5.91. The van der Waals surface area contributed by atoms with Crippen LogP contribution < -0.4 is 5.73 Å². The topological polar surface area (TPSA) is 87.4 Å². The maximum Gasteiger partial charge on any atom is 0.178 e. The molecule has 0 aliphatic heterocycles. The molecule has 0 amide bonds. The van der Waals surface area contributed by atoms with E-state index in [1.807, 2.05) is 12.1 Å². The number of benzene rings is 1. The Morgan fingerprint density at radius 3 is 2.95 bits per heavy atom. The summed E-state index contributed by atoms with van der Waals surface area (Å²) in [6.45, 7) is 0.427. The fraction of sp³-hybridized carbons (Fsp3) is 0.0909. The monoisotopic (exact) mass is 275 g/mol. The van der Waals surface area contributed by atoms with E-state index in [2.05, 4.69) is 20.6 Å². The minimum atomic E-state index is 0.427. The molecular formula is C11H10ClN7. The van der Waals surface area contributed by atoms with Crippen LogP contribution in [-0.2, 0) is 6.54 Å². The fourth-order valence-electron chi connectivity index (χ4n) is 1.72. The van der Waals surface area contributed by atoms with Crippen molar-refractivity contribution in [2.45, 2.75) is 6.54 Å². The number of nitrogens with zero attached hydrogens (tertiary/aromatic N) is 6. The Morgan fingerprint density at radius 1 is 1.32 bits per heavy atom. The Hall–Kier alpha value is -2.41. The van der Waals surface area contributed by atoms with E-state index in [0.29, 0.717) is 23.1 Å². The maximum atomic E-state index is 5.96. The summed E-state index contributed by atoms with van der Waals surface area (Å²) in [5.41, 5.74) is 7.01. The third-order valence-electron chi connectivity index (χ3n) is 2.54. The molecule has 0 aliphatic carbocycles. The van der Waals surface area contributed by atoms with Gasteiger partial charge in [-0.2, -0.15) is 9.78 Å². The smallest absolute Gasteiger partial charge is 0.178 e. The van der Waals surface area contributed by atoms with E-state index in [9.17, 15) is 0 Å². The van der Waals surface area contributed by atoms with E-state index in [1.165, 1.54) is 0 Å². The number of hydrogen-bond donors (Lipinski definition) is 1. The second-order valence-corrected chi connectivity index (χ2v) is 4.39. The first kappa shape index (κ1) is 11.7. The molecule has 0 spiro atoms. The third kappa shape index (κ3) is 2.41. The molecule has 2 heterocycles. The molecule has 8 heteroatoms. The van der Waals surface area contributed by atoms with E-state index < -0.39 is 0 Å². The number of nitrogen functional groups attached to an aromatic ring is 1. The highest BCUT2D eigenvalue weighted by atomic mass is 35.5. The predicted octanol–water partition coefficient (Wildman–Crippen LogP) is 1.14. The lowest BCUT2D eigenvalue weighted by molar-refractivity contribution is 0.634. The molecule has 0 saturated carbocycles. The van der Waals surface area contributed by atoms with Crippen LogP contribution in [0.2, 0.25) is 5.02 Å². The van der Waals surface area contributed by atoms with Gasteiger partial charge < -0.3 is 5.73 Å². The first-order valence-electron chi connectivity index (χ1n) is 5.53. The SMILES string of the molecule is Nc1cnn(Cc2nnnn2-c2cccc(Cl)c2)c1. The summed E-state index contributed by atoms with van der Waals surface area (Å²) < 4.78 is 3.28. The lowest BCUT2D eigenvalue weighted by atomic mass is 10.3. The van der Waals surface area contributed by atoms with Crippen molar-refractivity contribution in [1.29, 1.82) is 0 Å². The van der Waals surface area contributed by atoms with E-state index in [0.717, 1.165) is 5.69 Å². The summed E-state index contributed by atoms with van der Waals surface area (Å²) in [4.78, 5) is 0. The summed E-state index contributed by atoms with van der Waals surface area (Å²) in [5.74, 6) is 0.644. The quantitative estimate of drug-likeness (QED) is 0.774. The van der Waals surface area contributed by atoms with E-state index in [1.54, 1.807) is 33.9 Å². The second kappa shape index (κ2) is 4.69. The van der Waals surface area contributed by atoms with Crippen LogP contribution in [0.1, 0.15) is 5.82 Å². The van der Waals surface area contributed by atoms with Crippen molar-refractivity contribution in [2.24, 2.45) is 0 Å². The van der Waals surface area contributed by atoms with Gasteiger partial charge in [-0.3, -0.25) is 4.68 Å². The molecule has 0 saturated heterocycles. The highest BCUT2D eigenvalue weighted by Crippen LogP contribution is 2.15. The summed E-state index contributed by atoms with van der Waals surface area (Å²) in [5, 5.41) is 16.3. The largest absolute Gasteiger partial charge is 0.396 e. The van der Waals surface area contributed by atoms with Gasteiger partial charge in [0.1, 0.15) is 6.54 Å². The summed E-state index contributed by atoms with van der Waals surface area (Å²) in [6, 6.07) is 7.31. The minimum Gasteiger partial charge on any atom is -0.396 e. The van der Waals surface area contributed by atoms with Gasteiger partial charge >= 0.3 is 0 Å². The average Bonchev–Trinajstić information content (AvgIpc) is 2.99. The number of tetrazole rings is 1. The molecule has 0 atom stereocenters. The Balaban J connectivity index is 1.94. The van der Waals surface area contributed by atoms with Crippen LogP contribution in [0.3, 0.4) is 0 Å². The summed E-state index contributed by atoms with van der Waals surface area (Å²) in [7, 11) is 0. The molecule has 0 fully saturated rings. The zero-order chi connectivity index (χ0) is 13.2. The van der Waals surface area contributed by atoms with Crippen LogP contribution in [0.4, 0.5) is 5.69 Å². The molecule has 0 bridgehead atoms. The normalized spacial score (nSPS) is 10.8. The number of nitrogens with two attached hydrogens (primary N) is 1. The molecule has 2 N–H and O–H groups in total. The highest BCUT2D eigenvalue weighted by Gasteiger charge is 2.09. The lowest BCUT2D eigenvalue weighted by Gasteiger charge is -2.04. The summed E-state index contributed by atoms with van der Waals surface area (Å²) in [6.07, 6.45) is 3.30. The number of aromatic nitrogens is 6. The van der Waals surface area contributed by atoms with Crippen LogP contribution >= 0.6 is 11.6 Å². The number of halogens is 1. The predicted molar refractivity (Wildman–Crippen MR) is 69.9 cm³/mol. The van der Waals surface area contributed by atoms with E-state index in [4.69, 9.17) is 17.3 Å². The van der Waals surface area contributed by atoms with Gasteiger partial charge in [0.2, 0.25) is 0 Å². The molecule has 19 heavy (non-hydrogen) atoms. The van der Waals surface area contributed by atoms with Gasteiger partial charge in [0.25, 0.3) is 0 Å². The van der Waals surface area contributed by atoms with E-state index >= 15 is 0 Å². The van der Waals surface area contributed by atoms with Crippen LogP contribution in [0.25, 0.3) is 5.69 Å². The lowest BCUT2D eigenvalue weighted by Crippen LogP contribution is -2.09. The van der Waals surface area contributed by atoms with Crippen LogP contribution in [0.5, 0.6) is 0 Å². The van der Waals surface area contributed by atoms with Gasteiger partial charge in [-0.15, -0.1) is 5.10 Å². The molecule has 0 unspecified atom stereocenters. The Labute approximate surface area is 113 Å². The molecule has 0 aliphatic rings. The van der Waals surface area contributed by atoms with Crippen molar-refractivity contribution < 1.29 is 0 Å². The Morgan fingerprint density at radius 2 is 2.21 bits per heavy atom. The number of anilines is 1. The van der Waals surface area contributed by atoms with Crippen LogP contribution in [0, 0.1) is 0 Å². The molecule has 7 nitrogen and oxygen atoms in total. The molecule has 0 radical (unpaired) electrons. The van der Waals surface area contributed by atoms with Crippen molar-refractivity contribution >= 4 is 17.3 Å². The van der Waals surface area contributed by atoms with Gasteiger partial charge in [0, 0.05) is 11.2 Å². The Kier molecular flexibility index (Phi) is 2.88. The summed E-state index contributed by atoms with van der Waals surface area (Å²) >= 11 is 5.96. The molecule has 96 valence electrons. The first-order chi connectivity index (χ1) is 9.22. The zero-order valence-corrected chi connectivity index (χ0v) is 10.6. The van der Waals surface area contributed by atoms with Crippen molar-refractivity contribution in [3.8, 4) is 5.69 Å². The van der Waals surface area contributed by atoms with Crippen LogP contribution in [-0.4, -0.2) is 30.0 Å². The number of hydrogen-bond acceptors (Lipinski definition) is 5. The van der Waals surface area contributed by atoms with Gasteiger partial charge in [-0.25, -0.2) is 0 Å². The van der Waals surface area contributed by atoms with Crippen molar-refractivity contribution in [1.82, 2.24) is 30.0 Å². The fourth-order valence-corrected chi connectivity index (χ4v) is 1.91. The minimum absolute atomic E-state index is 0.427. The van der Waals surface area contributed by atoms with Crippen molar-refractivity contribution in [3.63, 3.8) is 0 Å². The average molecular weight is 276 g/mol. The van der Waals surface area contributed by atoms with E-state index in [-0.39, 0.29) is 0 Å². The molecule has 3 rings (SSSR count). The van der Waals surface area contributed by atoms with Gasteiger partial charge in [0.05, 0.1) is 17.6 Å². The zero-order valence-electron chi connectivity index (χ0n) is 9.81. The van der Waals surface area contributed by atoms with Crippen molar-refractivity contribution in [3.05, 3.63) is 47.5 Å². The molecule has 3 aromatic rings. The van der Waals surface area contributed by atoms with Crippen LogP contribution in [0.15, 0.2) is 36.7 Å². The molecular weight excluding hydrogens is 266 g/mol. The van der Waals surface area contributed by atoms with Gasteiger partial charge in [-0.05, 0) is 28.6 Å². The standard InChI is InChI=1S/C11H10ClN7/c12-8-2-1-3-10(4-8)19-11(15-16-17-19)7-18-6-9(13)5-14-18/h1-6H,7,13H2. The Bertz CT molecular complexity index is 702. The van der Waals surface area contributed by atoms with Gasteiger partial charge in [-0.1, -0.05) is 17.7 Å². The molecule has 1 aromatic carbocycles.